The normalized spacial score (nSPS) is 20.8. The van der Waals surface area contributed by atoms with E-state index in [2.05, 4.69) is 18.1 Å². The highest BCUT2D eigenvalue weighted by Crippen LogP contribution is 2.24. The van der Waals surface area contributed by atoms with E-state index in [1.807, 2.05) is 10.9 Å². The molecule has 1 aliphatic rings. The number of fused-ring (bicyclic) bond motifs is 1. The second-order valence-electron chi connectivity index (χ2n) is 3.50. The number of aryl methyl sites for hydroxylation is 1. The van der Waals surface area contributed by atoms with Gasteiger partial charge in [-0.1, -0.05) is 0 Å². The number of nitriles is 1. The fraction of sp³-hybridized carbons (Fsp3) is 0.600. The summed E-state index contributed by atoms with van der Waals surface area (Å²) in [5.74, 6) is 0.210. The first-order valence-corrected chi connectivity index (χ1v) is 4.78. The van der Waals surface area contributed by atoms with E-state index in [0.29, 0.717) is 0 Å². The van der Waals surface area contributed by atoms with Crippen molar-refractivity contribution in [3.8, 4) is 6.07 Å². The van der Waals surface area contributed by atoms with Gasteiger partial charge >= 0.3 is 0 Å². The van der Waals surface area contributed by atoms with Gasteiger partial charge < -0.3 is 0 Å². The largest absolute Gasteiger partial charge is 0.270 e. The molecule has 0 fully saturated rings. The minimum atomic E-state index is 0.210. The molecule has 0 aromatic carbocycles. The third kappa shape index (κ3) is 1.33. The standard InChI is InChI=1S/C10H13N3/c1-2-13-10-4-3-8(6-11)5-9(10)7-12-13/h7-8H,2-5H2,1H3/t8-/m1/s1. The van der Waals surface area contributed by atoms with Crippen molar-refractivity contribution < 1.29 is 0 Å². The molecule has 0 bridgehead atoms. The Morgan fingerprint density at radius 1 is 1.77 bits per heavy atom. The topological polar surface area (TPSA) is 41.6 Å². The molecule has 13 heavy (non-hydrogen) atoms. The maximum atomic E-state index is 8.80. The summed E-state index contributed by atoms with van der Waals surface area (Å²) in [6.07, 6.45) is 4.82. The summed E-state index contributed by atoms with van der Waals surface area (Å²) in [5.41, 5.74) is 2.62. The molecule has 3 nitrogen and oxygen atoms in total. The van der Waals surface area contributed by atoms with Gasteiger partial charge in [-0.2, -0.15) is 10.4 Å². The highest BCUT2D eigenvalue weighted by atomic mass is 15.3. The smallest absolute Gasteiger partial charge is 0.0659 e. The van der Waals surface area contributed by atoms with Gasteiger partial charge in [0.05, 0.1) is 18.2 Å². The summed E-state index contributed by atoms with van der Waals surface area (Å²) in [7, 11) is 0. The van der Waals surface area contributed by atoms with Crippen molar-refractivity contribution in [1.82, 2.24) is 9.78 Å². The predicted octanol–water partition coefficient (Wildman–Crippen LogP) is 1.53. The first-order chi connectivity index (χ1) is 6.35. The summed E-state index contributed by atoms with van der Waals surface area (Å²) in [6.45, 7) is 3.04. The SMILES string of the molecule is CCn1ncc2c1CC[C@@H](C#N)C2. The Hall–Kier alpha value is -1.30. The Bertz CT molecular complexity index is 346. The van der Waals surface area contributed by atoms with Crippen LogP contribution in [0.2, 0.25) is 0 Å². The lowest BCUT2D eigenvalue weighted by Gasteiger charge is -2.16. The van der Waals surface area contributed by atoms with Gasteiger partial charge in [0, 0.05) is 12.2 Å². The molecule has 1 aromatic rings. The van der Waals surface area contributed by atoms with Crippen molar-refractivity contribution in [3.05, 3.63) is 17.5 Å². The number of nitrogens with zero attached hydrogens (tertiary/aromatic N) is 3. The molecule has 2 rings (SSSR count). The molecular formula is C10H13N3. The number of rotatable bonds is 1. The number of hydrogen-bond acceptors (Lipinski definition) is 2. The van der Waals surface area contributed by atoms with Crippen LogP contribution >= 0.6 is 0 Å². The second kappa shape index (κ2) is 3.21. The van der Waals surface area contributed by atoms with Crippen LogP contribution in [0.3, 0.4) is 0 Å². The maximum absolute atomic E-state index is 8.80. The summed E-state index contributed by atoms with van der Waals surface area (Å²) < 4.78 is 2.04. The molecule has 1 aromatic heterocycles. The molecule has 0 N–H and O–H groups in total. The summed E-state index contributed by atoms with van der Waals surface area (Å²) in [4.78, 5) is 0. The van der Waals surface area contributed by atoms with Gasteiger partial charge in [-0.25, -0.2) is 0 Å². The van der Waals surface area contributed by atoms with E-state index in [1.165, 1.54) is 11.3 Å². The van der Waals surface area contributed by atoms with Gasteiger partial charge in [-0.05, 0) is 31.7 Å². The third-order valence-corrected chi connectivity index (χ3v) is 2.71. The molecule has 1 heterocycles. The fourth-order valence-electron chi connectivity index (χ4n) is 1.97. The molecule has 1 atom stereocenters. The van der Waals surface area contributed by atoms with E-state index in [4.69, 9.17) is 5.26 Å². The van der Waals surface area contributed by atoms with Crippen LogP contribution in [0, 0.1) is 17.2 Å². The second-order valence-corrected chi connectivity index (χ2v) is 3.50. The van der Waals surface area contributed by atoms with E-state index in [0.717, 1.165) is 25.8 Å². The van der Waals surface area contributed by atoms with Crippen molar-refractivity contribution in [3.63, 3.8) is 0 Å². The van der Waals surface area contributed by atoms with Crippen LogP contribution in [-0.4, -0.2) is 9.78 Å². The van der Waals surface area contributed by atoms with Crippen LogP contribution in [-0.2, 0) is 19.4 Å². The van der Waals surface area contributed by atoms with E-state index in [9.17, 15) is 0 Å². The lowest BCUT2D eigenvalue weighted by molar-refractivity contribution is 0.525. The first kappa shape index (κ1) is 8.31. The molecule has 0 aliphatic heterocycles. The van der Waals surface area contributed by atoms with Crippen LogP contribution in [0.5, 0.6) is 0 Å². The van der Waals surface area contributed by atoms with Gasteiger partial charge in [0.15, 0.2) is 0 Å². The summed E-state index contributed by atoms with van der Waals surface area (Å²) in [6, 6.07) is 2.34. The molecule has 0 unspecified atom stereocenters. The quantitative estimate of drug-likeness (QED) is 0.649. The predicted molar refractivity (Wildman–Crippen MR) is 49.0 cm³/mol. The zero-order valence-electron chi connectivity index (χ0n) is 7.82. The summed E-state index contributed by atoms with van der Waals surface area (Å²) >= 11 is 0. The van der Waals surface area contributed by atoms with E-state index < -0.39 is 0 Å². The highest BCUT2D eigenvalue weighted by Gasteiger charge is 2.21. The Balaban J connectivity index is 2.29. The number of aromatic nitrogens is 2. The Labute approximate surface area is 78.0 Å². The van der Waals surface area contributed by atoms with Gasteiger partial charge in [-0.3, -0.25) is 4.68 Å². The third-order valence-electron chi connectivity index (χ3n) is 2.71. The molecule has 0 saturated heterocycles. The van der Waals surface area contributed by atoms with Crippen LogP contribution in [0.4, 0.5) is 0 Å². The maximum Gasteiger partial charge on any atom is 0.0659 e. The molecule has 1 aliphatic carbocycles. The van der Waals surface area contributed by atoms with Gasteiger partial charge in [0.1, 0.15) is 0 Å². The zero-order chi connectivity index (χ0) is 9.26. The van der Waals surface area contributed by atoms with Gasteiger partial charge in [-0.15, -0.1) is 0 Å². The molecule has 0 spiro atoms. The monoisotopic (exact) mass is 175 g/mol. The van der Waals surface area contributed by atoms with Crippen LogP contribution in [0.15, 0.2) is 6.20 Å². The van der Waals surface area contributed by atoms with Crippen molar-refractivity contribution >= 4 is 0 Å². The van der Waals surface area contributed by atoms with Crippen molar-refractivity contribution in [1.29, 1.82) is 5.26 Å². The van der Waals surface area contributed by atoms with E-state index in [-0.39, 0.29) is 5.92 Å². The van der Waals surface area contributed by atoms with Crippen molar-refractivity contribution in [2.75, 3.05) is 0 Å². The zero-order valence-corrected chi connectivity index (χ0v) is 7.82. The van der Waals surface area contributed by atoms with Gasteiger partial charge in [0.25, 0.3) is 0 Å². The Kier molecular flexibility index (Phi) is 2.05. The minimum Gasteiger partial charge on any atom is -0.270 e. The highest BCUT2D eigenvalue weighted by molar-refractivity contribution is 5.23. The molecule has 3 heteroatoms. The summed E-state index contributed by atoms with van der Waals surface area (Å²) in [5, 5.41) is 13.1. The fourth-order valence-corrected chi connectivity index (χ4v) is 1.97. The van der Waals surface area contributed by atoms with Crippen molar-refractivity contribution in [2.45, 2.75) is 32.7 Å². The van der Waals surface area contributed by atoms with E-state index in [1.54, 1.807) is 0 Å². The van der Waals surface area contributed by atoms with Gasteiger partial charge in [0.2, 0.25) is 0 Å². The Morgan fingerprint density at radius 2 is 2.62 bits per heavy atom. The molecule has 0 radical (unpaired) electrons. The van der Waals surface area contributed by atoms with Crippen LogP contribution < -0.4 is 0 Å². The molecule has 68 valence electrons. The average Bonchev–Trinajstić information content (AvgIpc) is 2.59. The first-order valence-electron chi connectivity index (χ1n) is 4.78. The molecule has 0 amide bonds. The lowest BCUT2D eigenvalue weighted by atomic mass is 9.89. The number of hydrogen-bond donors (Lipinski definition) is 0. The minimum absolute atomic E-state index is 0.210. The van der Waals surface area contributed by atoms with Crippen molar-refractivity contribution in [2.24, 2.45) is 5.92 Å². The van der Waals surface area contributed by atoms with Crippen LogP contribution in [0.1, 0.15) is 24.6 Å². The molecular weight excluding hydrogens is 162 g/mol. The lowest BCUT2D eigenvalue weighted by Crippen LogP contribution is -2.14. The Morgan fingerprint density at radius 3 is 3.31 bits per heavy atom. The average molecular weight is 175 g/mol. The van der Waals surface area contributed by atoms with Crippen LogP contribution in [0.25, 0.3) is 0 Å². The van der Waals surface area contributed by atoms with E-state index >= 15 is 0 Å². The molecule has 0 saturated carbocycles.